The SMILES string of the molecule is Nc1ccc(Cl)cc1NCC1(O)CCC1. The number of nitrogen functional groups attached to an aromatic ring is 1. The molecule has 3 nitrogen and oxygen atoms in total. The number of benzene rings is 1. The summed E-state index contributed by atoms with van der Waals surface area (Å²) in [5, 5.41) is 13.7. The van der Waals surface area contributed by atoms with E-state index in [0.717, 1.165) is 24.9 Å². The van der Waals surface area contributed by atoms with Gasteiger partial charge in [-0.2, -0.15) is 0 Å². The minimum atomic E-state index is -0.547. The van der Waals surface area contributed by atoms with Crippen molar-refractivity contribution in [3.05, 3.63) is 23.2 Å². The number of anilines is 2. The molecule has 0 atom stereocenters. The molecule has 4 N–H and O–H groups in total. The van der Waals surface area contributed by atoms with Crippen molar-refractivity contribution in [3.8, 4) is 0 Å². The van der Waals surface area contributed by atoms with E-state index in [0.29, 0.717) is 17.3 Å². The van der Waals surface area contributed by atoms with Gasteiger partial charge in [-0.1, -0.05) is 11.6 Å². The Morgan fingerprint density at radius 1 is 1.47 bits per heavy atom. The van der Waals surface area contributed by atoms with Gasteiger partial charge in [-0.25, -0.2) is 0 Å². The monoisotopic (exact) mass is 226 g/mol. The van der Waals surface area contributed by atoms with Crippen molar-refractivity contribution >= 4 is 23.0 Å². The molecule has 0 radical (unpaired) electrons. The van der Waals surface area contributed by atoms with Gasteiger partial charge in [0.05, 0.1) is 17.0 Å². The van der Waals surface area contributed by atoms with Crippen LogP contribution in [0.1, 0.15) is 19.3 Å². The van der Waals surface area contributed by atoms with Crippen LogP contribution >= 0.6 is 11.6 Å². The van der Waals surface area contributed by atoms with Gasteiger partial charge >= 0.3 is 0 Å². The van der Waals surface area contributed by atoms with Gasteiger partial charge in [0.25, 0.3) is 0 Å². The molecule has 15 heavy (non-hydrogen) atoms. The smallest absolute Gasteiger partial charge is 0.0819 e. The van der Waals surface area contributed by atoms with Crippen LogP contribution in [0.4, 0.5) is 11.4 Å². The molecule has 2 rings (SSSR count). The van der Waals surface area contributed by atoms with Crippen LogP contribution in [0.25, 0.3) is 0 Å². The number of aliphatic hydroxyl groups is 1. The fraction of sp³-hybridized carbons (Fsp3) is 0.455. The molecule has 0 aromatic heterocycles. The average Bonchev–Trinajstić information content (AvgIpc) is 2.17. The maximum Gasteiger partial charge on any atom is 0.0819 e. The highest BCUT2D eigenvalue weighted by atomic mass is 35.5. The number of nitrogens with one attached hydrogen (secondary N) is 1. The van der Waals surface area contributed by atoms with E-state index in [1.165, 1.54) is 0 Å². The molecule has 4 heteroatoms. The molecule has 0 bridgehead atoms. The van der Waals surface area contributed by atoms with Crippen LogP contribution in [0.2, 0.25) is 5.02 Å². The molecule has 0 heterocycles. The second kappa shape index (κ2) is 3.91. The molecule has 0 spiro atoms. The summed E-state index contributed by atoms with van der Waals surface area (Å²) in [6, 6.07) is 5.29. The molecular weight excluding hydrogens is 212 g/mol. The molecule has 1 saturated carbocycles. The highest BCUT2D eigenvalue weighted by Gasteiger charge is 2.33. The summed E-state index contributed by atoms with van der Waals surface area (Å²) < 4.78 is 0. The standard InChI is InChI=1S/C11H15ClN2O/c12-8-2-3-9(13)10(6-8)14-7-11(15)4-1-5-11/h2-3,6,14-15H,1,4-5,7,13H2. The van der Waals surface area contributed by atoms with Crippen molar-refractivity contribution in [1.82, 2.24) is 0 Å². The van der Waals surface area contributed by atoms with E-state index in [1.807, 2.05) is 0 Å². The van der Waals surface area contributed by atoms with Gasteiger partial charge in [0.1, 0.15) is 0 Å². The van der Waals surface area contributed by atoms with Crippen LogP contribution in [0.15, 0.2) is 18.2 Å². The third-order valence-corrected chi connectivity index (χ3v) is 3.14. The molecule has 0 saturated heterocycles. The van der Waals surface area contributed by atoms with Gasteiger partial charge in [0.2, 0.25) is 0 Å². The number of halogens is 1. The first-order chi connectivity index (χ1) is 7.09. The van der Waals surface area contributed by atoms with Crippen molar-refractivity contribution in [2.24, 2.45) is 0 Å². The van der Waals surface area contributed by atoms with Gasteiger partial charge in [-0.05, 0) is 37.5 Å². The average molecular weight is 227 g/mol. The molecule has 1 aromatic rings. The molecule has 0 unspecified atom stereocenters. The second-order valence-electron chi connectivity index (χ2n) is 4.16. The summed E-state index contributed by atoms with van der Waals surface area (Å²) in [5.74, 6) is 0. The molecule has 1 fully saturated rings. The van der Waals surface area contributed by atoms with Crippen LogP contribution in [0.5, 0.6) is 0 Å². The molecule has 1 aliphatic carbocycles. The Balaban J connectivity index is 2.01. The van der Waals surface area contributed by atoms with E-state index in [2.05, 4.69) is 5.32 Å². The lowest BCUT2D eigenvalue weighted by Crippen LogP contribution is -2.43. The molecule has 82 valence electrons. The Hall–Kier alpha value is -0.930. The van der Waals surface area contributed by atoms with E-state index in [1.54, 1.807) is 18.2 Å². The number of rotatable bonds is 3. The van der Waals surface area contributed by atoms with E-state index < -0.39 is 5.60 Å². The van der Waals surface area contributed by atoms with Gasteiger partial charge in [-0.15, -0.1) is 0 Å². The molecule has 0 amide bonds. The molecule has 1 aliphatic rings. The zero-order valence-corrected chi connectivity index (χ0v) is 9.22. The minimum absolute atomic E-state index is 0.539. The fourth-order valence-corrected chi connectivity index (χ4v) is 1.88. The Labute approximate surface area is 94.2 Å². The first kappa shape index (κ1) is 10.6. The predicted octanol–water partition coefficient (Wildman–Crippen LogP) is 2.25. The normalized spacial score (nSPS) is 18.3. The number of hydrogen-bond acceptors (Lipinski definition) is 3. The van der Waals surface area contributed by atoms with E-state index in [4.69, 9.17) is 17.3 Å². The van der Waals surface area contributed by atoms with Crippen LogP contribution < -0.4 is 11.1 Å². The zero-order valence-electron chi connectivity index (χ0n) is 8.46. The summed E-state index contributed by atoms with van der Waals surface area (Å²) in [4.78, 5) is 0. The van der Waals surface area contributed by atoms with Crippen molar-refractivity contribution in [2.45, 2.75) is 24.9 Å². The Kier molecular flexibility index (Phi) is 2.76. The lowest BCUT2D eigenvalue weighted by molar-refractivity contribution is -0.0201. The van der Waals surface area contributed by atoms with E-state index in [9.17, 15) is 5.11 Å². The van der Waals surface area contributed by atoms with Crippen LogP contribution in [-0.4, -0.2) is 17.3 Å². The second-order valence-corrected chi connectivity index (χ2v) is 4.60. The summed E-state index contributed by atoms with van der Waals surface area (Å²) in [7, 11) is 0. The van der Waals surface area contributed by atoms with E-state index >= 15 is 0 Å². The highest BCUT2D eigenvalue weighted by Crippen LogP contribution is 2.32. The summed E-state index contributed by atoms with van der Waals surface area (Å²) in [6.45, 7) is 0.539. The molecule has 0 aliphatic heterocycles. The van der Waals surface area contributed by atoms with E-state index in [-0.39, 0.29) is 0 Å². The first-order valence-corrected chi connectivity index (χ1v) is 5.48. The van der Waals surface area contributed by atoms with Crippen molar-refractivity contribution in [3.63, 3.8) is 0 Å². The Morgan fingerprint density at radius 2 is 2.20 bits per heavy atom. The third-order valence-electron chi connectivity index (χ3n) is 2.91. The molecular formula is C11H15ClN2O. The summed E-state index contributed by atoms with van der Waals surface area (Å²) in [6.07, 6.45) is 2.82. The largest absolute Gasteiger partial charge is 0.397 e. The third kappa shape index (κ3) is 2.36. The van der Waals surface area contributed by atoms with Gasteiger partial charge < -0.3 is 16.2 Å². The van der Waals surface area contributed by atoms with Crippen LogP contribution in [0.3, 0.4) is 0 Å². The van der Waals surface area contributed by atoms with Crippen LogP contribution in [0, 0.1) is 0 Å². The lowest BCUT2D eigenvalue weighted by atomic mass is 9.80. The van der Waals surface area contributed by atoms with Crippen molar-refractivity contribution in [2.75, 3.05) is 17.6 Å². The van der Waals surface area contributed by atoms with Gasteiger partial charge in [-0.3, -0.25) is 0 Å². The highest BCUT2D eigenvalue weighted by molar-refractivity contribution is 6.31. The Morgan fingerprint density at radius 3 is 2.80 bits per heavy atom. The maximum absolute atomic E-state index is 9.90. The van der Waals surface area contributed by atoms with Crippen molar-refractivity contribution in [1.29, 1.82) is 0 Å². The van der Waals surface area contributed by atoms with Gasteiger partial charge in [0.15, 0.2) is 0 Å². The first-order valence-electron chi connectivity index (χ1n) is 5.10. The zero-order chi connectivity index (χ0) is 10.9. The molecule has 1 aromatic carbocycles. The fourth-order valence-electron chi connectivity index (χ4n) is 1.70. The van der Waals surface area contributed by atoms with Crippen LogP contribution in [-0.2, 0) is 0 Å². The Bertz CT molecular complexity index is 364. The van der Waals surface area contributed by atoms with Gasteiger partial charge in [0, 0.05) is 11.6 Å². The summed E-state index contributed by atoms with van der Waals surface area (Å²) in [5.41, 5.74) is 6.68. The number of nitrogens with two attached hydrogens (primary N) is 1. The predicted molar refractivity (Wildman–Crippen MR) is 63.2 cm³/mol. The quantitative estimate of drug-likeness (QED) is 0.693. The maximum atomic E-state index is 9.90. The summed E-state index contributed by atoms with van der Waals surface area (Å²) >= 11 is 5.86. The minimum Gasteiger partial charge on any atom is -0.397 e. The topological polar surface area (TPSA) is 58.3 Å². The lowest BCUT2D eigenvalue weighted by Gasteiger charge is -2.37. The van der Waals surface area contributed by atoms with Crippen molar-refractivity contribution < 1.29 is 5.11 Å². The number of hydrogen-bond donors (Lipinski definition) is 3.